The normalized spacial score (nSPS) is 17.2. The van der Waals surface area contributed by atoms with Crippen molar-refractivity contribution in [1.82, 2.24) is 10.2 Å². The van der Waals surface area contributed by atoms with Crippen LogP contribution in [0, 0.1) is 6.92 Å². The molecular formula is C14H20N2O5. The number of carbonyl (C=O) groups excluding carboxylic acids is 1. The maximum absolute atomic E-state index is 12.2. The average Bonchev–Trinajstić information content (AvgIpc) is 2.85. The van der Waals surface area contributed by atoms with E-state index in [1.54, 1.807) is 13.1 Å². The summed E-state index contributed by atoms with van der Waals surface area (Å²) < 4.78 is 10.6. The van der Waals surface area contributed by atoms with Crippen LogP contribution in [0.4, 0.5) is 4.79 Å². The highest BCUT2D eigenvalue weighted by Gasteiger charge is 2.42. The van der Waals surface area contributed by atoms with E-state index in [2.05, 4.69) is 5.32 Å². The van der Waals surface area contributed by atoms with Gasteiger partial charge >= 0.3 is 12.0 Å². The lowest BCUT2D eigenvalue weighted by Crippen LogP contribution is -2.59. The molecule has 0 saturated carbocycles. The molecule has 2 N–H and O–H groups in total. The van der Waals surface area contributed by atoms with Crippen LogP contribution in [0.2, 0.25) is 0 Å². The van der Waals surface area contributed by atoms with Crippen molar-refractivity contribution in [1.29, 1.82) is 0 Å². The summed E-state index contributed by atoms with van der Waals surface area (Å²) in [5, 5.41) is 12.0. The molecule has 7 nitrogen and oxygen atoms in total. The minimum absolute atomic E-state index is 0.266. The van der Waals surface area contributed by atoms with Gasteiger partial charge in [-0.3, -0.25) is 0 Å². The first kappa shape index (κ1) is 15.4. The van der Waals surface area contributed by atoms with Crippen LogP contribution in [-0.4, -0.2) is 47.8 Å². The highest BCUT2D eigenvalue weighted by atomic mass is 16.5. The molecule has 2 rings (SSSR count). The van der Waals surface area contributed by atoms with E-state index < -0.39 is 17.5 Å². The van der Waals surface area contributed by atoms with Gasteiger partial charge in [0.05, 0.1) is 6.54 Å². The third-order valence-electron chi connectivity index (χ3n) is 3.64. The molecule has 2 amide bonds. The molecule has 2 heterocycles. The number of carboxylic acids is 1. The molecule has 1 fully saturated rings. The number of urea groups is 1. The van der Waals surface area contributed by atoms with Crippen molar-refractivity contribution in [3.05, 3.63) is 23.7 Å². The van der Waals surface area contributed by atoms with E-state index >= 15 is 0 Å². The van der Waals surface area contributed by atoms with Gasteiger partial charge in [0.2, 0.25) is 0 Å². The van der Waals surface area contributed by atoms with E-state index in [0.29, 0.717) is 19.0 Å². The van der Waals surface area contributed by atoms with Crippen LogP contribution in [0.5, 0.6) is 0 Å². The zero-order valence-electron chi connectivity index (χ0n) is 12.2. The van der Waals surface area contributed by atoms with Gasteiger partial charge in [-0.1, -0.05) is 0 Å². The Balaban J connectivity index is 1.99. The summed E-state index contributed by atoms with van der Waals surface area (Å²) in [6.45, 7) is 2.76. The van der Waals surface area contributed by atoms with Crippen molar-refractivity contribution in [2.24, 2.45) is 0 Å². The van der Waals surface area contributed by atoms with Crippen LogP contribution >= 0.6 is 0 Å². The molecule has 1 aliphatic rings. The van der Waals surface area contributed by atoms with Gasteiger partial charge in [0.1, 0.15) is 17.1 Å². The smallest absolute Gasteiger partial charge is 0.329 e. The van der Waals surface area contributed by atoms with E-state index in [-0.39, 0.29) is 19.4 Å². The molecule has 1 saturated heterocycles. The Hall–Kier alpha value is -2.02. The van der Waals surface area contributed by atoms with Crippen LogP contribution in [-0.2, 0) is 16.1 Å². The lowest BCUT2D eigenvalue weighted by atomic mass is 9.90. The quantitative estimate of drug-likeness (QED) is 0.875. The van der Waals surface area contributed by atoms with Crippen molar-refractivity contribution in [2.45, 2.75) is 31.8 Å². The van der Waals surface area contributed by atoms with Gasteiger partial charge < -0.3 is 24.5 Å². The number of carbonyl (C=O) groups is 2. The first-order valence-corrected chi connectivity index (χ1v) is 6.83. The number of aliphatic carboxylic acids is 1. The molecule has 1 aromatic heterocycles. The highest BCUT2D eigenvalue weighted by Crippen LogP contribution is 2.21. The van der Waals surface area contributed by atoms with Crippen LogP contribution in [0.3, 0.4) is 0 Å². The van der Waals surface area contributed by atoms with Crippen molar-refractivity contribution in [3.63, 3.8) is 0 Å². The molecule has 1 aromatic rings. The molecule has 21 heavy (non-hydrogen) atoms. The van der Waals surface area contributed by atoms with Gasteiger partial charge in [0.25, 0.3) is 0 Å². The van der Waals surface area contributed by atoms with E-state index in [1.807, 2.05) is 13.0 Å². The summed E-state index contributed by atoms with van der Waals surface area (Å²) in [7, 11) is 1.60. The largest absolute Gasteiger partial charge is 0.480 e. The van der Waals surface area contributed by atoms with Gasteiger partial charge in [-0.15, -0.1) is 0 Å². The second kappa shape index (κ2) is 6.17. The minimum atomic E-state index is -1.25. The average molecular weight is 296 g/mol. The van der Waals surface area contributed by atoms with Crippen LogP contribution in [0.1, 0.15) is 24.4 Å². The summed E-state index contributed by atoms with van der Waals surface area (Å²) in [6.07, 6.45) is 0.531. The van der Waals surface area contributed by atoms with E-state index in [1.165, 1.54) is 4.90 Å². The number of nitrogens with one attached hydrogen (secondary N) is 1. The topological polar surface area (TPSA) is 92.0 Å². The fraction of sp³-hybridized carbons (Fsp3) is 0.571. The number of furan rings is 1. The standard InChI is InChI=1S/C14H20N2O5/c1-10-3-4-11(21-10)9-16(2)13(19)15-14(12(17)18)5-7-20-8-6-14/h3-4H,5-9H2,1-2H3,(H,15,19)(H,17,18). The second-order valence-corrected chi connectivity index (χ2v) is 5.30. The van der Waals surface area contributed by atoms with Gasteiger partial charge in [-0.25, -0.2) is 9.59 Å². The summed E-state index contributed by atoms with van der Waals surface area (Å²) >= 11 is 0. The summed E-state index contributed by atoms with van der Waals surface area (Å²) in [5.74, 6) is 0.396. The Bertz CT molecular complexity index is 519. The lowest BCUT2D eigenvalue weighted by Gasteiger charge is -2.35. The fourth-order valence-electron chi connectivity index (χ4n) is 2.29. The SMILES string of the molecule is Cc1ccc(CN(C)C(=O)NC2(C(=O)O)CCOCC2)o1. The molecule has 0 aliphatic carbocycles. The molecule has 0 aromatic carbocycles. The van der Waals surface area contributed by atoms with Gasteiger partial charge in [0.15, 0.2) is 0 Å². The number of nitrogens with zero attached hydrogens (tertiary/aromatic N) is 1. The van der Waals surface area contributed by atoms with Crippen LogP contribution < -0.4 is 5.32 Å². The van der Waals surface area contributed by atoms with Crippen LogP contribution in [0.25, 0.3) is 0 Å². The molecule has 0 unspecified atom stereocenters. The second-order valence-electron chi connectivity index (χ2n) is 5.30. The summed E-state index contributed by atoms with van der Waals surface area (Å²) in [4.78, 5) is 25.1. The number of carboxylic acid groups (broad SMARTS) is 1. The Kier molecular flexibility index (Phi) is 4.52. The Morgan fingerprint density at radius 3 is 2.57 bits per heavy atom. The monoisotopic (exact) mass is 296 g/mol. The van der Waals surface area contributed by atoms with Crippen molar-refractivity contribution in [3.8, 4) is 0 Å². The third-order valence-corrected chi connectivity index (χ3v) is 3.64. The number of hydrogen-bond acceptors (Lipinski definition) is 4. The Labute approximate surface area is 122 Å². The first-order chi connectivity index (χ1) is 9.93. The van der Waals surface area contributed by atoms with Gasteiger partial charge in [-0.2, -0.15) is 0 Å². The van der Waals surface area contributed by atoms with E-state index in [9.17, 15) is 14.7 Å². The zero-order valence-corrected chi connectivity index (χ0v) is 12.2. The Morgan fingerprint density at radius 1 is 1.38 bits per heavy atom. The van der Waals surface area contributed by atoms with Crippen LogP contribution in [0.15, 0.2) is 16.5 Å². The molecule has 0 bridgehead atoms. The van der Waals surface area contributed by atoms with E-state index in [4.69, 9.17) is 9.15 Å². The van der Waals surface area contributed by atoms with Gasteiger partial charge in [0, 0.05) is 33.1 Å². The minimum Gasteiger partial charge on any atom is -0.480 e. The first-order valence-electron chi connectivity index (χ1n) is 6.83. The highest BCUT2D eigenvalue weighted by molar-refractivity contribution is 5.86. The third kappa shape index (κ3) is 3.55. The maximum Gasteiger partial charge on any atom is 0.329 e. The Morgan fingerprint density at radius 2 is 2.05 bits per heavy atom. The molecule has 1 aliphatic heterocycles. The molecular weight excluding hydrogens is 276 g/mol. The molecule has 116 valence electrons. The zero-order chi connectivity index (χ0) is 15.5. The summed E-state index contributed by atoms with van der Waals surface area (Å²) in [6, 6.07) is 3.17. The predicted molar refractivity (Wildman–Crippen MR) is 73.9 cm³/mol. The number of amides is 2. The van der Waals surface area contributed by atoms with Crippen molar-refractivity contribution >= 4 is 12.0 Å². The number of hydrogen-bond donors (Lipinski definition) is 2. The molecule has 0 atom stereocenters. The number of rotatable bonds is 4. The summed E-state index contributed by atoms with van der Waals surface area (Å²) in [5.41, 5.74) is -1.25. The molecule has 0 radical (unpaired) electrons. The number of ether oxygens (including phenoxy) is 1. The fourth-order valence-corrected chi connectivity index (χ4v) is 2.29. The van der Waals surface area contributed by atoms with Crippen molar-refractivity contribution < 1.29 is 23.8 Å². The molecule has 0 spiro atoms. The molecule has 7 heteroatoms. The van der Waals surface area contributed by atoms with Crippen molar-refractivity contribution in [2.75, 3.05) is 20.3 Å². The van der Waals surface area contributed by atoms with Gasteiger partial charge in [-0.05, 0) is 19.1 Å². The lowest BCUT2D eigenvalue weighted by molar-refractivity contribution is -0.148. The maximum atomic E-state index is 12.2. The van der Waals surface area contributed by atoms with E-state index in [0.717, 1.165) is 5.76 Å². The predicted octanol–water partition coefficient (Wildman–Crippen LogP) is 1.36. The number of aryl methyl sites for hydroxylation is 1.